The third-order valence-corrected chi connectivity index (χ3v) is 6.05. The molecule has 0 atom stereocenters. The number of nitro groups is 1. The number of aromatic nitrogens is 1. The number of carbonyl (C=O) groups is 1. The summed E-state index contributed by atoms with van der Waals surface area (Å²) in [5.41, 5.74) is 3.22. The van der Waals surface area contributed by atoms with Crippen molar-refractivity contribution in [2.45, 2.75) is 0 Å². The van der Waals surface area contributed by atoms with Gasteiger partial charge in [0.1, 0.15) is 5.52 Å². The summed E-state index contributed by atoms with van der Waals surface area (Å²) >= 11 is 3.41. The van der Waals surface area contributed by atoms with Crippen molar-refractivity contribution in [3.63, 3.8) is 0 Å². The van der Waals surface area contributed by atoms with Crippen molar-refractivity contribution in [3.05, 3.63) is 80.8 Å². The van der Waals surface area contributed by atoms with E-state index in [0.29, 0.717) is 54.7 Å². The summed E-state index contributed by atoms with van der Waals surface area (Å²) in [5.74, 6) is 0.0282. The van der Waals surface area contributed by atoms with Crippen LogP contribution in [0.3, 0.4) is 0 Å². The van der Waals surface area contributed by atoms with Crippen LogP contribution in [-0.4, -0.2) is 42.1 Å². The Hall–Kier alpha value is -3.76. The van der Waals surface area contributed by atoms with Crippen molar-refractivity contribution in [1.82, 2.24) is 4.98 Å². The molecule has 0 saturated carbocycles. The maximum atomic E-state index is 13.2. The maximum Gasteiger partial charge on any atom is 0.270 e. The van der Waals surface area contributed by atoms with Gasteiger partial charge in [-0.15, -0.1) is 0 Å². The lowest BCUT2D eigenvalue weighted by atomic mass is 10.1. The molecule has 1 N–H and O–H groups in total. The summed E-state index contributed by atoms with van der Waals surface area (Å²) < 4.78 is 12.2. The molecule has 1 saturated heterocycles. The molecule has 1 fully saturated rings. The summed E-state index contributed by atoms with van der Waals surface area (Å²) in [5, 5.41) is 14.2. The zero-order valence-corrected chi connectivity index (χ0v) is 19.4. The van der Waals surface area contributed by atoms with Crippen LogP contribution >= 0.6 is 15.9 Å². The van der Waals surface area contributed by atoms with Gasteiger partial charge < -0.3 is 19.4 Å². The Labute approximate surface area is 202 Å². The van der Waals surface area contributed by atoms with Crippen molar-refractivity contribution in [2.75, 3.05) is 36.5 Å². The molecular formula is C24H19BrN4O5. The lowest BCUT2D eigenvalue weighted by Gasteiger charge is -2.30. The highest BCUT2D eigenvalue weighted by atomic mass is 79.9. The average Bonchev–Trinajstić information content (AvgIpc) is 3.28. The van der Waals surface area contributed by atoms with Crippen LogP contribution in [0, 0.1) is 10.1 Å². The molecule has 5 rings (SSSR count). The number of hydrogen-bond acceptors (Lipinski definition) is 7. The number of benzene rings is 3. The van der Waals surface area contributed by atoms with Crippen molar-refractivity contribution in [2.24, 2.45) is 0 Å². The molecule has 3 aromatic carbocycles. The molecule has 1 aliphatic heterocycles. The van der Waals surface area contributed by atoms with Gasteiger partial charge in [-0.25, -0.2) is 4.98 Å². The van der Waals surface area contributed by atoms with E-state index in [1.165, 1.54) is 12.1 Å². The van der Waals surface area contributed by atoms with Gasteiger partial charge in [0, 0.05) is 40.9 Å². The molecule has 0 spiro atoms. The number of amides is 1. The minimum Gasteiger partial charge on any atom is -0.436 e. The Morgan fingerprint density at radius 2 is 1.82 bits per heavy atom. The normalized spacial score (nSPS) is 13.7. The summed E-state index contributed by atoms with van der Waals surface area (Å²) in [4.78, 5) is 30.6. The van der Waals surface area contributed by atoms with Crippen LogP contribution in [0.2, 0.25) is 0 Å². The van der Waals surface area contributed by atoms with E-state index in [4.69, 9.17) is 9.15 Å². The van der Waals surface area contributed by atoms with Crippen molar-refractivity contribution in [3.8, 4) is 11.5 Å². The fourth-order valence-corrected chi connectivity index (χ4v) is 4.08. The number of anilines is 2. The van der Waals surface area contributed by atoms with Crippen LogP contribution in [0.1, 0.15) is 10.4 Å². The lowest BCUT2D eigenvalue weighted by Crippen LogP contribution is -2.37. The summed E-state index contributed by atoms with van der Waals surface area (Å²) in [7, 11) is 0. The van der Waals surface area contributed by atoms with Gasteiger partial charge in [0.15, 0.2) is 5.58 Å². The summed E-state index contributed by atoms with van der Waals surface area (Å²) in [6, 6.07) is 17.1. The van der Waals surface area contributed by atoms with Crippen molar-refractivity contribution >= 4 is 50.0 Å². The highest BCUT2D eigenvalue weighted by Gasteiger charge is 2.22. The molecule has 172 valence electrons. The van der Waals surface area contributed by atoms with Gasteiger partial charge in [-0.2, -0.15) is 0 Å². The molecule has 10 heteroatoms. The van der Waals surface area contributed by atoms with Crippen molar-refractivity contribution in [1.29, 1.82) is 0 Å². The predicted octanol–water partition coefficient (Wildman–Crippen LogP) is 5.25. The molecule has 0 aliphatic carbocycles. The fraction of sp³-hybridized carbons (Fsp3) is 0.167. The number of morpholine rings is 1. The van der Waals surface area contributed by atoms with Gasteiger partial charge in [-0.1, -0.05) is 15.9 Å². The van der Waals surface area contributed by atoms with Gasteiger partial charge >= 0.3 is 0 Å². The van der Waals surface area contributed by atoms with E-state index in [1.54, 1.807) is 24.3 Å². The Morgan fingerprint density at radius 1 is 1.06 bits per heavy atom. The van der Waals surface area contributed by atoms with E-state index in [0.717, 1.165) is 10.0 Å². The van der Waals surface area contributed by atoms with E-state index in [1.807, 2.05) is 29.2 Å². The fourth-order valence-electron chi connectivity index (χ4n) is 3.82. The van der Waals surface area contributed by atoms with Crippen molar-refractivity contribution < 1.29 is 18.9 Å². The third-order valence-electron chi connectivity index (χ3n) is 5.52. The molecule has 0 bridgehead atoms. The van der Waals surface area contributed by atoms with Gasteiger partial charge in [0.25, 0.3) is 11.6 Å². The second-order valence-corrected chi connectivity index (χ2v) is 8.64. The predicted molar refractivity (Wildman–Crippen MR) is 131 cm³/mol. The number of rotatable bonds is 5. The van der Waals surface area contributed by atoms with Gasteiger partial charge in [0.2, 0.25) is 5.89 Å². The minimum atomic E-state index is -0.509. The zero-order chi connectivity index (χ0) is 23.7. The largest absolute Gasteiger partial charge is 0.436 e. The second kappa shape index (κ2) is 9.24. The standard InChI is InChI=1S/C24H19BrN4O5/c25-16-3-1-15(2-4-16)24-27-20-13-17(5-8-22(20)34-24)26-23(30)19-14-18(29(31)32)6-7-21(19)28-9-11-33-12-10-28/h1-8,13-14H,9-12H2,(H,26,30). The van der Waals surface area contributed by atoms with E-state index in [-0.39, 0.29) is 11.3 Å². The van der Waals surface area contributed by atoms with Crippen LogP contribution in [-0.2, 0) is 4.74 Å². The number of halogens is 1. The number of nitrogens with zero attached hydrogens (tertiary/aromatic N) is 3. The minimum absolute atomic E-state index is 0.145. The van der Waals surface area contributed by atoms with Crippen LogP contribution in [0.25, 0.3) is 22.6 Å². The molecule has 34 heavy (non-hydrogen) atoms. The maximum absolute atomic E-state index is 13.2. The number of nitrogens with one attached hydrogen (secondary N) is 1. The first kappa shape index (κ1) is 22.1. The zero-order valence-electron chi connectivity index (χ0n) is 17.9. The quantitative estimate of drug-likeness (QED) is 0.281. The second-order valence-electron chi connectivity index (χ2n) is 7.72. The average molecular weight is 523 g/mol. The number of carbonyl (C=O) groups excluding carboxylic acids is 1. The number of oxazole rings is 1. The van der Waals surface area contributed by atoms with Gasteiger partial charge in [0.05, 0.1) is 29.4 Å². The molecule has 1 amide bonds. The Morgan fingerprint density at radius 3 is 2.56 bits per heavy atom. The van der Waals surface area contributed by atoms with E-state index < -0.39 is 10.8 Å². The van der Waals surface area contributed by atoms with Crippen LogP contribution in [0.15, 0.2) is 69.6 Å². The molecule has 9 nitrogen and oxygen atoms in total. The number of nitro benzene ring substituents is 1. The number of hydrogen-bond donors (Lipinski definition) is 1. The lowest BCUT2D eigenvalue weighted by molar-refractivity contribution is -0.384. The summed E-state index contributed by atoms with van der Waals surface area (Å²) in [6.45, 7) is 2.26. The SMILES string of the molecule is O=C(Nc1ccc2oc(-c3ccc(Br)cc3)nc2c1)c1cc([N+](=O)[O-])ccc1N1CCOCC1. The number of non-ortho nitro benzene ring substituents is 1. The Kier molecular flexibility index (Phi) is 5.99. The third kappa shape index (κ3) is 4.50. The monoisotopic (exact) mass is 522 g/mol. The number of ether oxygens (including phenoxy) is 1. The first-order chi connectivity index (χ1) is 16.5. The molecule has 0 radical (unpaired) electrons. The van der Waals surface area contributed by atoms with Crippen LogP contribution in [0.4, 0.5) is 17.1 Å². The number of fused-ring (bicyclic) bond motifs is 1. The molecule has 2 heterocycles. The first-order valence-corrected chi connectivity index (χ1v) is 11.4. The smallest absolute Gasteiger partial charge is 0.270 e. The molecule has 0 unspecified atom stereocenters. The van der Waals surface area contributed by atoms with Crippen LogP contribution < -0.4 is 10.2 Å². The first-order valence-electron chi connectivity index (χ1n) is 10.6. The van der Waals surface area contributed by atoms with Gasteiger partial charge in [-0.3, -0.25) is 14.9 Å². The molecule has 1 aromatic heterocycles. The van der Waals surface area contributed by atoms with E-state index in [9.17, 15) is 14.9 Å². The summed E-state index contributed by atoms with van der Waals surface area (Å²) in [6.07, 6.45) is 0. The highest BCUT2D eigenvalue weighted by Crippen LogP contribution is 2.30. The topological polar surface area (TPSA) is 111 Å². The highest BCUT2D eigenvalue weighted by molar-refractivity contribution is 9.10. The van der Waals surface area contributed by atoms with E-state index in [2.05, 4.69) is 26.2 Å². The molecule has 1 aliphatic rings. The molecule has 4 aromatic rings. The Balaban J connectivity index is 1.44. The van der Waals surface area contributed by atoms with Gasteiger partial charge in [-0.05, 0) is 48.5 Å². The Bertz CT molecular complexity index is 1380. The van der Waals surface area contributed by atoms with E-state index >= 15 is 0 Å². The van der Waals surface area contributed by atoms with Crippen LogP contribution in [0.5, 0.6) is 0 Å². The molecular weight excluding hydrogens is 504 g/mol.